The van der Waals surface area contributed by atoms with E-state index in [2.05, 4.69) is 10.6 Å². The first-order valence-electron chi connectivity index (χ1n) is 6.06. The van der Waals surface area contributed by atoms with Crippen LogP contribution in [0.1, 0.15) is 12.8 Å². The molecule has 2 rings (SSSR count). The highest BCUT2D eigenvalue weighted by Gasteiger charge is 2.20. The van der Waals surface area contributed by atoms with Crippen molar-refractivity contribution in [1.82, 2.24) is 5.32 Å². The average Bonchev–Trinajstić information content (AvgIpc) is 2.40. The van der Waals surface area contributed by atoms with Crippen molar-refractivity contribution in [2.45, 2.75) is 17.7 Å². The first kappa shape index (κ1) is 13.7. The van der Waals surface area contributed by atoms with E-state index in [1.807, 2.05) is 24.5 Å². The molecule has 1 aromatic carbocycles. The van der Waals surface area contributed by atoms with E-state index in [9.17, 15) is 4.79 Å². The van der Waals surface area contributed by atoms with E-state index >= 15 is 0 Å². The highest BCUT2D eigenvalue weighted by atomic mass is 35.5. The topological polar surface area (TPSA) is 41.1 Å². The van der Waals surface area contributed by atoms with Gasteiger partial charge in [-0.2, -0.15) is 0 Å². The molecular weight excluding hydrogens is 268 g/mol. The summed E-state index contributed by atoms with van der Waals surface area (Å²) >= 11 is 7.71. The molecule has 0 aliphatic carbocycles. The fourth-order valence-electron chi connectivity index (χ4n) is 2.07. The van der Waals surface area contributed by atoms with Gasteiger partial charge in [0.15, 0.2) is 0 Å². The number of hydrogen-bond acceptors (Lipinski definition) is 3. The van der Waals surface area contributed by atoms with Crippen LogP contribution in [0.4, 0.5) is 5.69 Å². The van der Waals surface area contributed by atoms with Crippen molar-refractivity contribution in [2.75, 3.05) is 24.7 Å². The summed E-state index contributed by atoms with van der Waals surface area (Å²) in [7, 11) is 0. The van der Waals surface area contributed by atoms with Gasteiger partial charge in [-0.05, 0) is 50.4 Å². The van der Waals surface area contributed by atoms with Gasteiger partial charge < -0.3 is 10.6 Å². The molecule has 1 saturated heterocycles. The van der Waals surface area contributed by atoms with Crippen LogP contribution in [-0.2, 0) is 4.79 Å². The Morgan fingerprint density at radius 2 is 2.17 bits per heavy atom. The van der Waals surface area contributed by atoms with Crippen LogP contribution in [0.25, 0.3) is 0 Å². The Hall–Kier alpha value is -0.710. The highest BCUT2D eigenvalue weighted by molar-refractivity contribution is 7.98. The lowest BCUT2D eigenvalue weighted by Gasteiger charge is -2.21. The predicted molar refractivity (Wildman–Crippen MR) is 77.5 cm³/mol. The number of anilines is 1. The van der Waals surface area contributed by atoms with Gasteiger partial charge >= 0.3 is 0 Å². The van der Waals surface area contributed by atoms with Crippen molar-refractivity contribution in [2.24, 2.45) is 5.92 Å². The summed E-state index contributed by atoms with van der Waals surface area (Å²) in [5.74, 6) is 0.217. The molecule has 1 heterocycles. The molecule has 0 bridgehead atoms. The van der Waals surface area contributed by atoms with Crippen LogP contribution >= 0.6 is 23.4 Å². The van der Waals surface area contributed by atoms with Gasteiger partial charge in [-0.25, -0.2) is 0 Å². The molecule has 0 radical (unpaired) electrons. The number of halogens is 1. The van der Waals surface area contributed by atoms with E-state index < -0.39 is 0 Å². The summed E-state index contributed by atoms with van der Waals surface area (Å²) in [5, 5.41) is 6.88. The van der Waals surface area contributed by atoms with Crippen molar-refractivity contribution in [3.63, 3.8) is 0 Å². The maximum atomic E-state index is 12.0. The Kier molecular flexibility index (Phi) is 4.92. The van der Waals surface area contributed by atoms with Gasteiger partial charge in [-0.3, -0.25) is 4.79 Å². The number of carbonyl (C=O) groups is 1. The van der Waals surface area contributed by atoms with Gasteiger partial charge in [0.05, 0.1) is 5.02 Å². The Balaban J connectivity index is 2.00. The van der Waals surface area contributed by atoms with Crippen molar-refractivity contribution in [3.8, 4) is 0 Å². The smallest absolute Gasteiger partial charge is 0.227 e. The lowest BCUT2D eigenvalue weighted by Crippen LogP contribution is -2.34. The van der Waals surface area contributed by atoms with Gasteiger partial charge in [0, 0.05) is 16.5 Å². The van der Waals surface area contributed by atoms with Crippen molar-refractivity contribution in [1.29, 1.82) is 0 Å². The largest absolute Gasteiger partial charge is 0.326 e. The molecule has 1 aliphatic heterocycles. The second-order valence-corrected chi connectivity index (χ2v) is 5.62. The molecule has 0 aromatic heterocycles. The third-order valence-corrected chi connectivity index (χ3v) is 4.35. The minimum Gasteiger partial charge on any atom is -0.326 e. The summed E-state index contributed by atoms with van der Waals surface area (Å²) in [5.41, 5.74) is 0.779. The molecule has 0 spiro atoms. The number of piperidine rings is 1. The van der Waals surface area contributed by atoms with E-state index in [1.54, 1.807) is 11.8 Å². The Morgan fingerprint density at radius 3 is 2.78 bits per heavy atom. The van der Waals surface area contributed by atoms with Crippen molar-refractivity contribution in [3.05, 3.63) is 23.2 Å². The van der Waals surface area contributed by atoms with E-state index in [-0.39, 0.29) is 11.8 Å². The number of thioether (sulfide) groups is 1. The van der Waals surface area contributed by atoms with E-state index in [4.69, 9.17) is 11.6 Å². The molecule has 0 saturated carbocycles. The molecular formula is C13H17ClN2OS. The summed E-state index contributed by atoms with van der Waals surface area (Å²) in [6, 6.07) is 5.65. The maximum Gasteiger partial charge on any atom is 0.227 e. The summed E-state index contributed by atoms with van der Waals surface area (Å²) in [6.45, 7) is 1.84. The predicted octanol–water partition coefficient (Wildman–Crippen LogP) is 3.00. The molecule has 18 heavy (non-hydrogen) atoms. The van der Waals surface area contributed by atoms with Gasteiger partial charge in [0.1, 0.15) is 0 Å². The Bertz CT molecular complexity index is 433. The van der Waals surface area contributed by atoms with Gasteiger partial charge in [-0.15, -0.1) is 11.8 Å². The van der Waals surface area contributed by atoms with E-state index in [1.165, 1.54) is 0 Å². The lowest BCUT2D eigenvalue weighted by molar-refractivity contribution is -0.120. The van der Waals surface area contributed by atoms with Crippen molar-refractivity contribution < 1.29 is 4.79 Å². The number of hydrogen-bond donors (Lipinski definition) is 2. The second kappa shape index (κ2) is 6.45. The molecule has 1 aromatic rings. The molecule has 0 unspecified atom stereocenters. The molecule has 2 N–H and O–H groups in total. The molecule has 0 atom stereocenters. The van der Waals surface area contributed by atoms with Crippen LogP contribution < -0.4 is 10.6 Å². The second-order valence-electron chi connectivity index (χ2n) is 4.36. The summed E-state index contributed by atoms with van der Waals surface area (Å²) in [6.07, 6.45) is 3.79. The third-order valence-electron chi connectivity index (χ3n) is 3.13. The molecule has 1 fully saturated rings. The van der Waals surface area contributed by atoms with E-state index in [0.29, 0.717) is 5.02 Å². The summed E-state index contributed by atoms with van der Waals surface area (Å²) < 4.78 is 0. The quantitative estimate of drug-likeness (QED) is 0.839. The minimum absolute atomic E-state index is 0.101. The van der Waals surface area contributed by atoms with Crippen LogP contribution in [-0.4, -0.2) is 25.3 Å². The number of carbonyl (C=O) groups excluding carboxylic acids is 1. The normalized spacial score (nSPS) is 16.6. The molecule has 98 valence electrons. The number of amides is 1. The standard InChI is InChI=1S/C13H17ClN2OS/c1-18-12-3-2-10(8-11(12)14)16-13(17)9-4-6-15-7-5-9/h2-3,8-9,15H,4-7H2,1H3,(H,16,17). The molecule has 1 amide bonds. The first-order chi connectivity index (χ1) is 8.70. The minimum atomic E-state index is 0.101. The zero-order valence-electron chi connectivity index (χ0n) is 10.3. The third kappa shape index (κ3) is 3.40. The van der Waals surface area contributed by atoms with Gasteiger partial charge in [0.25, 0.3) is 0 Å². The molecule has 3 nitrogen and oxygen atoms in total. The highest BCUT2D eigenvalue weighted by Crippen LogP contribution is 2.28. The number of nitrogens with one attached hydrogen (secondary N) is 2. The van der Waals surface area contributed by atoms with Crippen LogP contribution in [0.2, 0.25) is 5.02 Å². The van der Waals surface area contributed by atoms with Gasteiger partial charge in [-0.1, -0.05) is 11.6 Å². The number of rotatable bonds is 3. The fourth-order valence-corrected chi connectivity index (χ4v) is 2.94. The summed E-state index contributed by atoms with van der Waals surface area (Å²) in [4.78, 5) is 13.1. The lowest BCUT2D eigenvalue weighted by atomic mass is 9.97. The van der Waals surface area contributed by atoms with Crippen molar-refractivity contribution >= 4 is 35.0 Å². The SMILES string of the molecule is CSc1ccc(NC(=O)C2CCNCC2)cc1Cl. The monoisotopic (exact) mass is 284 g/mol. The van der Waals surface area contributed by atoms with Crippen LogP contribution in [0.3, 0.4) is 0 Å². The fraction of sp³-hybridized carbons (Fsp3) is 0.462. The first-order valence-corrected chi connectivity index (χ1v) is 7.66. The molecule has 1 aliphatic rings. The zero-order valence-corrected chi connectivity index (χ0v) is 11.9. The van der Waals surface area contributed by atoms with E-state index in [0.717, 1.165) is 36.5 Å². The zero-order chi connectivity index (χ0) is 13.0. The van der Waals surface area contributed by atoms with Gasteiger partial charge in [0.2, 0.25) is 5.91 Å². The Morgan fingerprint density at radius 1 is 1.44 bits per heavy atom. The Labute approximate surface area is 117 Å². The van der Waals surface area contributed by atoms with Crippen LogP contribution in [0, 0.1) is 5.92 Å². The molecule has 5 heteroatoms. The van der Waals surface area contributed by atoms with Crippen LogP contribution in [0.15, 0.2) is 23.1 Å². The average molecular weight is 285 g/mol. The number of benzene rings is 1. The maximum absolute atomic E-state index is 12.0. The van der Waals surface area contributed by atoms with Crippen LogP contribution in [0.5, 0.6) is 0 Å².